The Balaban J connectivity index is 1.34. The highest BCUT2D eigenvalue weighted by atomic mass is 32.2. The first-order chi connectivity index (χ1) is 17.9. The molecule has 3 heterocycles. The molecule has 36 heavy (non-hydrogen) atoms. The Kier molecular flexibility index (Phi) is 4.94. The maximum Gasteiger partial charge on any atom is 0.247 e. The number of hydrogen-bond acceptors (Lipinski definition) is 2. The molecule has 0 N–H and O–H groups in total. The Morgan fingerprint density at radius 3 is 2.25 bits per heavy atom. The summed E-state index contributed by atoms with van der Waals surface area (Å²) in [5, 5.41) is 1.45. The molecular formula is C32H26BNS2. The number of para-hydroxylation sites is 1. The molecule has 8 rings (SSSR count). The van der Waals surface area contributed by atoms with Crippen molar-refractivity contribution in [2.45, 2.75) is 58.1 Å². The molecule has 0 spiro atoms. The Labute approximate surface area is 221 Å². The largest absolute Gasteiger partial charge is 0.313 e. The van der Waals surface area contributed by atoms with E-state index in [1.165, 1.54) is 91.1 Å². The van der Waals surface area contributed by atoms with Crippen molar-refractivity contribution in [3.8, 4) is 5.69 Å². The van der Waals surface area contributed by atoms with E-state index in [4.69, 9.17) is 0 Å². The van der Waals surface area contributed by atoms with Crippen LogP contribution in [0, 0.1) is 0 Å². The first-order valence-corrected chi connectivity index (χ1v) is 14.8. The van der Waals surface area contributed by atoms with Crippen LogP contribution in [-0.4, -0.2) is 11.3 Å². The topological polar surface area (TPSA) is 4.93 Å². The SMILES string of the molecule is c1ccc2c(c1)Sc1cccc3c1B2c1ccc(-n2c4c(c5ccccc52)CCCCCC4)cc1S3. The molecule has 0 amide bonds. The van der Waals surface area contributed by atoms with Crippen LogP contribution in [0.3, 0.4) is 0 Å². The first kappa shape index (κ1) is 21.3. The van der Waals surface area contributed by atoms with Gasteiger partial charge in [0, 0.05) is 36.3 Å². The van der Waals surface area contributed by atoms with Crippen LogP contribution in [0.1, 0.15) is 36.9 Å². The second-order valence-electron chi connectivity index (χ2n) is 10.3. The highest BCUT2D eigenvalue weighted by Gasteiger charge is 2.37. The maximum absolute atomic E-state index is 2.59. The van der Waals surface area contributed by atoms with Crippen LogP contribution in [0.25, 0.3) is 16.6 Å². The van der Waals surface area contributed by atoms with Crippen molar-refractivity contribution in [3.05, 3.63) is 96.2 Å². The molecule has 4 heteroatoms. The third kappa shape index (κ3) is 3.14. The van der Waals surface area contributed by atoms with Gasteiger partial charge in [-0.25, -0.2) is 0 Å². The molecule has 3 aliphatic rings. The van der Waals surface area contributed by atoms with Crippen molar-refractivity contribution in [2.24, 2.45) is 0 Å². The second-order valence-corrected chi connectivity index (χ2v) is 12.4. The summed E-state index contributed by atoms with van der Waals surface area (Å²) in [6.45, 7) is 0.320. The fourth-order valence-electron chi connectivity index (χ4n) is 6.65. The molecule has 0 saturated heterocycles. The van der Waals surface area contributed by atoms with Crippen molar-refractivity contribution < 1.29 is 0 Å². The molecule has 5 aromatic rings. The Morgan fingerprint density at radius 1 is 0.611 bits per heavy atom. The van der Waals surface area contributed by atoms with Gasteiger partial charge in [-0.05, 0) is 73.1 Å². The highest BCUT2D eigenvalue weighted by Crippen LogP contribution is 2.40. The van der Waals surface area contributed by atoms with Crippen LogP contribution in [0.5, 0.6) is 0 Å². The smallest absolute Gasteiger partial charge is 0.247 e. The molecule has 0 radical (unpaired) electrons. The van der Waals surface area contributed by atoms with E-state index in [-0.39, 0.29) is 0 Å². The van der Waals surface area contributed by atoms with Crippen LogP contribution < -0.4 is 16.4 Å². The zero-order valence-electron chi connectivity index (χ0n) is 20.2. The quantitative estimate of drug-likeness (QED) is 0.231. The molecular weight excluding hydrogens is 473 g/mol. The van der Waals surface area contributed by atoms with Crippen molar-refractivity contribution in [3.63, 3.8) is 0 Å². The van der Waals surface area contributed by atoms with Gasteiger partial charge in [-0.1, -0.05) is 95.8 Å². The summed E-state index contributed by atoms with van der Waals surface area (Å²) >= 11 is 3.89. The number of rotatable bonds is 1. The molecule has 0 saturated carbocycles. The summed E-state index contributed by atoms with van der Waals surface area (Å²) in [6.07, 6.45) is 7.67. The minimum atomic E-state index is 0.320. The van der Waals surface area contributed by atoms with E-state index >= 15 is 0 Å². The Hall–Kier alpha value is -2.82. The van der Waals surface area contributed by atoms with Crippen molar-refractivity contribution in [1.82, 2.24) is 4.57 Å². The molecule has 1 nitrogen and oxygen atoms in total. The van der Waals surface area contributed by atoms with Gasteiger partial charge in [0.2, 0.25) is 6.71 Å². The lowest BCUT2D eigenvalue weighted by molar-refractivity contribution is 0.608. The summed E-state index contributed by atoms with van der Waals surface area (Å²) in [7, 11) is 0. The molecule has 2 aliphatic heterocycles. The molecule has 0 fully saturated rings. The fraction of sp³-hybridized carbons (Fsp3) is 0.188. The van der Waals surface area contributed by atoms with Crippen LogP contribution in [-0.2, 0) is 12.8 Å². The Morgan fingerprint density at radius 2 is 1.33 bits per heavy atom. The van der Waals surface area contributed by atoms with Gasteiger partial charge >= 0.3 is 0 Å². The third-order valence-electron chi connectivity index (χ3n) is 8.23. The normalized spacial score (nSPS) is 15.9. The summed E-state index contributed by atoms with van der Waals surface area (Å²) < 4.78 is 2.59. The first-order valence-electron chi connectivity index (χ1n) is 13.2. The summed E-state index contributed by atoms with van der Waals surface area (Å²) in [5.74, 6) is 0. The predicted molar refractivity (Wildman–Crippen MR) is 155 cm³/mol. The van der Waals surface area contributed by atoms with E-state index in [2.05, 4.69) is 89.5 Å². The van der Waals surface area contributed by atoms with Crippen LogP contribution in [0.15, 0.2) is 105 Å². The summed E-state index contributed by atoms with van der Waals surface area (Å²) in [5.41, 5.74) is 10.2. The number of nitrogens with zero attached hydrogens (tertiary/aromatic N) is 1. The molecule has 4 aromatic carbocycles. The van der Waals surface area contributed by atoms with Crippen molar-refractivity contribution in [2.75, 3.05) is 0 Å². The fourth-order valence-corrected chi connectivity index (χ4v) is 9.09. The van der Waals surface area contributed by atoms with Gasteiger partial charge in [-0.2, -0.15) is 0 Å². The highest BCUT2D eigenvalue weighted by molar-refractivity contribution is 8.01. The van der Waals surface area contributed by atoms with E-state index < -0.39 is 0 Å². The third-order valence-corrected chi connectivity index (χ3v) is 10.5. The Bertz CT molecular complexity index is 1670. The van der Waals surface area contributed by atoms with Gasteiger partial charge < -0.3 is 4.57 Å². The summed E-state index contributed by atoms with van der Waals surface area (Å²) in [4.78, 5) is 5.63. The average Bonchev–Trinajstić information content (AvgIpc) is 3.20. The number of aryl methyl sites for hydroxylation is 1. The van der Waals surface area contributed by atoms with E-state index in [9.17, 15) is 0 Å². The van der Waals surface area contributed by atoms with Crippen LogP contribution in [0.4, 0.5) is 0 Å². The maximum atomic E-state index is 2.59. The van der Waals surface area contributed by atoms with E-state index in [1.54, 1.807) is 11.3 Å². The minimum absolute atomic E-state index is 0.320. The summed E-state index contributed by atoms with van der Waals surface area (Å²) in [6, 6.07) is 32.2. The lowest BCUT2D eigenvalue weighted by atomic mass is 9.36. The van der Waals surface area contributed by atoms with E-state index in [0.717, 1.165) is 0 Å². The number of fused-ring (bicyclic) bond motifs is 7. The molecule has 1 aromatic heterocycles. The van der Waals surface area contributed by atoms with E-state index in [1.807, 2.05) is 23.5 Å². The lowest BCUT2D eigenvalue weighted by Crippen LogP contribution is -2.57. The number of aromatic nitrogens is 1. The zero-order valence-corrected chi connectivity index (χ0v) is 21.8. The van der Waals surface area contributed by atoms with Crippen molar-refractivity contribution in [1.29, 1.82) is 0 Å². The molecule has 1 aliphatic carbocycles. The van der Waals surface area contributed by atoms with Crippen molar-refractivity contribution >= 4 is 57.5 Å². The lowest BCUT2D eigenvalue weighted by Gasteiger charge is -2.33. The standard InChI is InChI=1S/C32H26BNS2/c1-2-4-13-26-22(10-3-1)23-11-5-7-14-27(23)34(26)21-18-19-25-31(20-21)36-30-17-9-16-29-32(30)33(25)24-12-6-8-15-28(24)35-29/h5-9,11-12,14-20H,1-4,10,13H2. The zero-order chi connectivity index (χ0) is 23.6. The van der Waals surface area contributed by atoms with Gasteiger partial charge in [-0.15, -0.1) is 0 Å². The molecule has 174 valence electrons. The van der Waals surface area contributed by atoms with Gasteiger partial charge in [-0.3, -0.25) is 0 Å². The predicted octanol–water partition coefficient (Wildman–Crippen LogP) is 6.73. The number of hydrogen-bond donors (Lipinski definition) is 0. The monoisotopic (exact) mass is 499 g/mol. The van der Waals surface area contributed by atoms with E-state index in [0.29, 0.717) is 6.71 Å². The van der Waals surface area contributed by atoms with Gasteiger partial charge in [0.05, 0.1) is 5.52 Å². The minimum Gasteiger partial charge on any atom is -0.313 e. The van der Waals surface area contributed by atoms with Gasteiger partial charge in [0.25, 0.3) is 0 Å². The van der Waals surface area contributed by atoms with Crippen LogP contribution >= 0.6 is 23.5 Å². The molecule has 0 unspecified atom stereocenters. The van der Waals surface area contributed by atoms with Gasteiger partial charge in [0.1, 0.15) is 0 Å². The average molecular weight is 500 g/mol. The van der Waals surface area contributed by atoms with Crippen LogP contribution in [0.2, 0.25) is 0 Å². The van der Waals surface area contributed by atoms with Gasteiger partial charge in [0.15, 0.2) is 0 Å². The molecule has 0 bridgehead atoms. The molecule has 0 atom stereocenters. The number of benzene rings is 4. The second kappa shape index (κ2) is 8.36.